The predicted molar refractivity (Wildman–Crippen MR) is 70.7 cm³/mol. The Kier molecular flexibility index (Phi) is 5.96. The Bertz CT molecular complexity index is 478. The molecule has 1 unspecified atom stereocenters. The van der Waals surface area contributed by atoms with Crippen LogP contribution in [0.4, 0.5) is 4.39 Å². The van der Waals surface area contributed by atoms with Crippen molar-refractivity contribution in [2.24, 2.45) is 5.92 Å². The fraction of sp³-hybridized carbons (Fsp3) is 0.429. The second-order valence-electron chi connectivity index (χ2n) is 4.44. The molecular formula is C14H18FNO4. The number of halogens is 1. The lowest BCUT2D eigenvalue weighted by molar-refractivity contribution is -0.146. The van der Waals surface area contributed by atoms with Crippen LogP contribution >= 0.6 is 0 Å². The van der Waals surface area contributed by atoms with Crippen LogP contribution < -0.4 is 4.74 Å². The number of rotatable bonds is 6. The number of benzene rings is 1. The molecule has 0 bridgehead atoms. The second-order valence-corrected chi connectivity index (χ2v) is 4.44. The average Bonchev–Trinajstić information content (AvgIpc) is 2.43. The summed E-state index contributed by atoms with van der Waals surface area (Å²) >= 11 is 0. The van der Waals surface area contributed by atoms with E-state index in [1.807, 2.05) is 0 Å². The number of hydrogen-bond donors (Lipinski definition) is 0. The minimum Gasteiger partial charge on any atom is -0.484 e. The van der Waals surface area contributed by atoms with Crippen molar-refractivity contribution in [3.05, 3.63) is 30.1 Å². The Morgan fingerprint density at radius 3 is 2.70 bits per heavy atom. The van der Waals surface area contributed by atoms with E-state index in [0.717, 1.165) is 0 Å². The molecule has 1 atom stereocenters. The molecule has 0 aliphatic carbocycles. The Morgan fingerprint density at radius 2 is 2.10 bits per heavy atom. The zero-order valence-electron chi connectivity index (χ0n) is 11.8. The molecule has 6 heteroatoms. The van der Waals surface area contributed by atoms with Crippen molar-refractivity contribution >= 4 is 11.9 Å². The molecule has 1 amide bonds. The fourth-order valence-electron chi connectivity index (χ4n) is 1.60. The van der Waals surface area contributed by atoms with Gasteiger partial charge in [0.05, 0.1) is 13.0 Å². The van der Waals surface area contributed by atoms with Crippen molar-refractivity contribution in [1.82, 2.24) is 4.90 Å². The molecule has 0 aromatic heterocycles. The lowest BCUT2D eigenvalue weighted by Crippen LogP contribution is -2.37. The number of nitrogens with zero attached hydrogens (tertiary/aromatic N) is 1. The monoisotopic (exact) mass is 283 g/mol. The van der Waals surface area contributed by atoms with Gasteiger partial charge in [-0.05, 0) is 12.1 Å². The van der Waals surface area contributed by atoms with Crippen molar-refractivity contribution in [2.75, 3.05) is 27.3 Å². The van der Waals surface area contributed by atoms with Crippen molar-refractivity contribution in [3.8, 4) is 5.75 Å². The van der Waals surface area contributed by atoms with Crippen LogP contribution in [-0.2, 0) is 14.3 Å². The molecule has 0 spiro atoms. The Morgan fingerprint density at radius 1 is 1.40 bits per heavy atom. The van der Waals surface area contributed by atoms with Gasteiger partial charge in [0, 0.05) is 19.7 Å². The van der Waals surface area contributed by atoms with Gasteiger partial charge in [-0.2, -0.15) is 0 Å². The highest BCUT2D eigenvalue weighted by Crippen LogP contribution is 2.12. The third kappa shape index (κ3) is 4.87. The number of methoxy groups -OCH3 is 1. The molecule has 0 saturated heterocycles. The molecule has 0 radical (unpaired) electrons. The smallest absolute Gasteiger partial charge is 0.310 e. The highest BCUT2D eigenvalue weighted by molar-refractivity contribution is 5.78. The van der Waals surface area contributed by atoms with E-state index < -0.39 is 11.7 Å². The van der Waals surface area contributed by atoms with E-state index in [1.165, 1.54) is 30.2 Å². The van der Waals surface area contributed by atoms with Crippen LogP contribution in [0.15, 0.2) is 24.3 Å². The Balaban J connectivity index is 2.44. The summed E-state index contributed by atoms with van der Waals surface area (Å²) in [6, 6.07) is 5.55. The molecule has 0 fully saturated rings. The van der Waals surface area contributed by atoms with Crippen LogP contribution in [-0.4, -0.2) is 44.1 Å². The van der Waals surface area contributed by atoms with Gasteiger partial charge in [-0.15, -0.1) is 0 Å². The summed E-state index contributed by atoms with van der Waals surface area (Å²) in [5.74, 6) is -1.24. The van der Waals surface area contributed by atoms with Gasteiger partial charge in [0.25, 0.3) is 5.91 Å². The Labute approximate surface area is 117 Å². The first-order chi connectivity index (χ1) is 9.43. The van der Waals surface area contributed by atoms with Crippen LogP contribution in [0.3, 0.4) is 0 Å². The highest BCUT2D eigenvalue weighted by atomic mass is 19.1. The lowest BCUT2D eigenvalue weighted by atomic mass is 10.2. The maximum atomic E-state index is 12.9. The second kappa shape index (κ2) is 7.47. The lowest BCUT2D eigenvalue weighted by Gasteiger charge is -2.20. The summed E-state index contributed by atoms with van der Waals surface area (Å²) in [5, 5.41) is 0. The number of ether oxygens (including phenoxy) is 2. The number of carbonyl (C=O) groups excluding carboxylic acids is 2. The fourth-order valence-corrected chi connectivity index (χ4v) is 1.60. The van der Waals surface area contributed by atoms with Gasteiger partial charge in [-0.25, -0.2) is 4.39 Å². The highest BCUT2D eigenvalue weighted by Gasteiger charge is 2.18. The summed E-state index contributed by atoms with van der Waals surface area (Å²) in [5.41, 5.74) is 0. The van der Waals surface area contributed by atoms with Crippen molar-refractivity contribution in [3.63, 3.8) is 0 Å². The van der Waals surface area contributed by atoms with Crippen molar-refractivity contribution in [2.45, 2.75) is 6.92 Å². The van der Waals surface area contributed by atoms with Crippen LogP contribution in [0.25, 0.3) is 0 Å². The van der Waals surface area contributed by atoms with E-state index >= 15 is 0 Å². The molecule has 1 aromatic carbocycles. The number of likely N-dealkylation sites (N-methyl/N-ethyl adjacent to an activating group) is 1. The van der Waals surface area contributed by atoms with E-state index in [-0.39, 0.29) is 30.8 Å². The minimum absolute atomic E-state index is 0.214. The van der Waals surface area contributed by atoms with Gasteiger partial charge in [0.2, 0.25) is 0 Å². The van der Waals surface area contributed by atoms with Crippen LogP contribution in [0.5, 0.6) is 5.75 Å². The number of carbonyl (C=O) groups is 2. The first-order valence-electron chi connectivity index (χ1n) is 6.14. The van der Waals surface area contributed by atoms with Crippen LogP contribution in [0, 0.1) is 11.7 Å². The normalized spacial score (nSPS) is 11.6. The number of esters is 1. The topological polar surface area (TPSA) is 55.8 Å². The first-order valence-corrected chi connectivity index (χ1v) is 6.14. The first kappa shape index (κ1) is 15.9. The van der Waals surface area contributed by atoms with Crippen molar-refractivity contribution < 1.29 is 23.5 Å². The maximum Gasteiger partial charge on any atom is 0.310 e. The summed E-state index contributed by atoms with van der Waals surface area (Å²) in [6.45, 7) is 1.69. The molecule has 0 N–H and O–H groups in total. The van der Waals surface area contributed by atoms with Gasteiger partial charge < -0.3 is 14.4 Å². The van der Waals surface area contributed by atoms with Gasteiger partial charge in [0.1, 0.15) is 11.6 Å². The minimum atomic E-state index is -0.428. The largest absolute Gasteiger partial charge is 0.484 e. The SMILES string of the molecule is COC(=O)C(C)CN(C)C(=O)COc1cccc(F)c1. The zero-order chi connectivity index (χ0) is 15.1. The molecule has 20 heavy (non-hydrogen) atoms. The third-order valence-electron chi connectivity index (χ3n) is 2.74. The molecule has 0 heterocycles. The van der Waals surface area contributed by atoms with E-state index in [0.29, 0.717) is 0 Å². The van der Waals surface area contributed by atoms with Gasteiger partial charge >= 0.3 is 5.97 Å². The summed E-state index contributed by atoms with van der Waals surface area (Å²) in [7, 11) is 2.87. The molecular weight excluding hydrogens is 265 g/mol. The van der Waals surface area contributed by atoms with Gasteiger partial charge in [-0.3, -0.25) is 9.59 Å². The maximum absolute atomic E-state index is 12.9. The number of amides is 1. The van der Waals surface area contributed by atoms with E-state index in [9.17, 15) is 14.0 Å². The summed E-state index contributed by atoms with van der Waals surface area (Å²) < 4.78 is 22.7. The quantitative estimate of drug-likeness (QED) is 0.742. The van der Waals surface area contributed by atoms with Gasteiger partial charge in [0.15, 0.2) is 6.61 Å². The molecule has 110 valence electrons. The van der Waals surface area contributed by atoms with Crippen LogP contribution in [0.1, 0.15) is 6.92 Å². The molecule has 0 aliphatic heterocycles. The molecule has 1 rings (SSSR count). The average molecular weight is 283 g/mol. The molecule has 1 aromatic rings. The molecule has 5 nitrogen and oxygen atoms in total. The van der Waals surface area contributed by atoms with E-state index in [2.05, 4.69) is 4.74 Å². The van der Waals surface area contributed by atoms with Gasteiger partial charge in [-0.1, -0.05) is 13.0 Å². The molecule has 0 aliphatic rings. The Hall–Kier alpha value is -2.11. The molecule has 0 saturated carbocycles. The van der Waals surface area contributed by atoms with E-state index in [1.54, 1.807) is 20.0 Å². The zero-order valence-corrected chi connectivity index (χ0v) is 11.8. The summed E-state index contributed by atoms with van der Waals surface area (Å²) in [6.07, 6.45) is 0. The summed E-state index contributed by atoms with van der Waals surface area (Å²) in [4.78, 5) is 24.4. The van der Waals surface area contributed by atoms with E-state index in [4.69, 9.17) is 4.74 Å². The standard InChI is InChI=1S/C14H18FNO4/c1-10(14(18)19-3)8-16(2)13(17)9-20-12-6-4-5-11(15)7-12/h4-7,10H,8-9H2,1-3H3. The predicted octanol–water partition coefficient (Wildman–Crippen LogP) is 1.47. The van der Waals surface area contributed by atoms with Crippen LogP contribution in [0.2, 0.25) is 0 Å². The number of hydrogen-bond acceptors (Lipinski definition) is 4. The van der Waals surface area contributed by atoms with Crippen molar-refractivity contribution in [1.29, 1.82) is 0 Å². The third-order valence-corrected chi connectivity index (χ3v) is 2.74.